The molecular weight excluding hydrogens is 464 g/mol. The summed E-state index contributed by atoms with van der Waals surface area (Å²) in [5.74, 6) is -2.75. The third kappa shape index (κ3) is 6.72. The smallest absolute Gasteiger partial charge is 0.326 e. The first-order valence-electron chi connectivity index (χ1n) is 11.3. The van der Waals surface area contributed by atoms with E-state index in [-0.39, 0.29) is 24.7 Å². The Labute approximate surface area is 206 Å². The second-order valence-electron chi connectivity index (χ2n) is 8.31. The van der Waals surface area contributed by atoms with Gasteiger partial charge in [-0.3, -0.25) is 9.59 Å². The van der Waals surface area contributed by atoms with Gasteiger partial charge < -0.3 is 30.8 Å². The molecule has 2 atom stereocenters. The lowest BCUT2D eigenvalue weighted by Crippen LogP contribution is -2.41. The standard InChI is InChI=1S/2C13H14N2O3/c2*1-8(16)15-12(13(17)18)6-9-7-14-11-5-3-2-4-10(9)11/h2*2-5,7,12,14H,6H2,1H3,(H,15,16)(H,17,18)/t12-;/m0./s1. The van der Waals surface area contributed by atoms with Crippen LogP contribution in [0.2, 0.25) is 0 Å². The Morgan fingerprint density at radius 1 is 0.694 bits per heavy atom. The lowest BCUT2D eigenvalue weighted by Gasteiger charge is -2.12. The first-order valence-corrected chi connectivity index (χ1v) is 11.3. The maximum atomic E-state index is 11.1. The lowest BCUT2D eigenvalue weighted by atomic mass is 10.1. The molecule has 0 aliphatic carbocycles. The van der Waals surface area contributed by atoms with Crippen LogP contribution in [0.1, 0.15) is 25.0 Å². The van der Waals surface area contributed by atoms with Crippen molar-refractivity contribution in [1.29, 1.82) is 0 Å². The molecule has 2 aromatic heterocycles. The van der Waals surface area contributed by atoms with Crippen molar-refractivity contribution in [2.24, 2.45) is 0 Å². The highest BCUT2D eigenvalue weighted by molar-refractivity contribution is 5.87. The normalized spacial score (nSPS) is 12.3. The summed E-state index contributed by atoms with van der Waals surface area (Å²) < 4.78 is 0. The van der Waals surface area contributed by atoms with Crippen LogP contribution in [0.4, 0.5) is 0 Å². The second kappa shape index (κ2) is 11.7. The number of H-pyrrole nitrogens is 2. The molecule has 36 heavy (non-hydrogen) atoms. The van der Waals surface area contributed by atoms with Gasteiger partial charge in [0.25, 0.3) is 0 Å². The van der Waals surface area contributed by atoms with Crippen LogP contribution in [0.5, 0.6) is 0 Å². The Kier molecular flexibility index (Phi) is 8.45. The number of nitrogens with one attached hydrogen (secondary N) is 4. The molecular formula is C26H28N4O6. The highest BCUT2D eigenvalue weighted by Gasteiger charge is 2.21. The Morgan fingerprint density at radius 3 is 1.39 bits per heavy atom. The van der Waals surface area contributed by atoms with Crippen molar-refractivity contribution >= 4 is 45.6 Å². The van der Waals surface area contributed by atoms with E-state index in [0.717, 1.165) is 32.9 Å². The van der Waals surface area contributed by atoms with Crippen molar-refractivity contribution < 1.29 is 29.4 Å². The molecule has 4 rings (SSSR count). The number of para-hydroxylation sites is 2. The molecule has 0 aliphatic rings. The van der Waals surface area contributed by atoms with Gasteiger partial charge in [0.2, 0.25) is 11.8 Å². The van der Waals surface area contributed by atoms with Gasteiger partial charge in [-0.05, 0) is 23.3 Å². The van der Waals surface area contributed by atoms with Crippen LogP contribution in [0.25, 0.3) is 21.8 Å². The van der Waals surface area contributed by atoms with E-state index in [1.807, 2.05) is 48.5 Å². The number of carbonyl (C=O) groups excluding carboxylic acids is 2. The minimum atomic E-state index is -1.03. The van der Waals surface area contributed by atoms with Gasteiger partial charge >= 0.3 is 11.9 Å². The number of aromatic amines is 2. The van der Waals surface area contributed by atoms with Crippen molar-refractivity contribution in [1.82, 2.24) is 20.6 Å². The molecule has 10 heteroatoms. The number of carboxylic acid groups (broad SMARTS) is 2. The molecule has 0 bridgehead atoms. The average molecular weight is 493 g/mol. The SMILES string of the molecule is CC(=O)NC(Cc1c[nH]c2ccccc12)C(=O)O.CC(=O)N[C@@H](Cc1c[nH]c2ccccc12)C(=O)O. The van der Waals surface area contributed by atoms with Crippen molar-refractivity contribution in [2.45, 2.75) is 38.8 Å². The van der Waals surface area contributed by atoms with Crippen LogP contribution in [-0.2, 0) is 32.0 Å². The topological polar surface area (TPSA) is 164 Å². The number of aliphatic carboxylic acids is 2. The monoisotopic (exact) mass is 492 g/mol. The van der Waals surface area contributed by atoms with E-state index in [9.17, 15) is 19.2 Å². The van der Waals surface area contributed by atoms with Crippen molar-refractivity contribution in [3.05, 3.63) is 72.1 Å². The molecule has 0 fully saturated rings. The van der Waals surface area contributed by atoms with Crippen LogP contribution in [-0.4, -0.2) is 56.0 Å². The maximum absolute atomic E-state index is 11.1. The molecule has 0 aliphatic heterocycles. The Hall–Kier alpha value is -4.60. The molecule has 1 unspecified atom stereocenters. The van der Waals surface area contributed by atoms with Crippen LogP contribution in [0.15, 0.2) is 60.9 Å². The molecule has 4 aromatic rings. The number of carbonyl (C=O) groups is 4. The van der Waals surface area contributed by atoms with Gasteiger partial charge in [0.05, 0.1) is 0 Å². The van der Waals surface area contributed by atoms with Crippen LogP contribution >= 0.6 is 0 Å². The largest absolute Gasteiger partial charge is 0.480 e. The van der Waals surface area contributed by atoms with E-state index in [1.165, 1.54) is 13.8 Å². The quantitative estimate of drug-likeness (QED) is 0.221. The van der Waals surface area contributed by atoms with Gasteiger partial charge in [-0.25, -0.2) is 9.59 Å². The Bertz CT molecular complexity index is 1280. The maximum Gasteiger partial charge on any atom is 0.326 e. The molecule has 0 saturated heterocycles. The van der Waals surface area contributed by atoms with E-state index in [1.54, 1.807) is 12.4 Å². The van der Waals surface area contributed by atoms with Crippen molar-refractivity contribution in [2.75, 3.05) is 0 Å². The summed E-state index contributed by atoms with van der Waals surface area (Å²) in [5, 5.41) is 25.0. The summed E-state index contributed by atoms with van der Waals surface area (Å²) in [6, 6.07) is 13.5. The fraction of sp³-hybridized carbons (Fsp3) is 0.231. The summed E-state index contributed by atoms with van der Waals surface area (Å²) in [4.78, 5) is 50.2. The van der Waals surface area contributed by atoms with E-state index < -0.39 is 24.0 Å². The second-order valence-corrected chi connectivity index (χ2v) is 8.31. The fourth-order valence-corrected chi connectivity index (χ4v) is 3.93. The molecule has 6 N–H and O–H groups in total. The predicted octanol–water partition coefficient (Wildman–Crippen LogP) is 2.60. The highest BCUT2D eigenvalue weighted by atomic mass is 16.4. The van der Waals surface area contributed by atoms with Crippen molar-refractivity contribution in [3.63, 3.8) is 0 Å². The number of hydrogen-bond acceptors (Lipinski definition) is 4. The van der Waals surface area contributed by atoms with E-state index in [4.69, 9.17) is 10.2 Å². The minimum absolute atomic E-state index is 0.263. The first kappa shape index (κ1) is 26.0. The highest BCUT2D eigenvalue weighted by Crippen LogP contribution is 2.20. The number of fused-ring (bicyclic) bond motifs is 2. The number of rotatable bonds is 8. The average Bonchev–Trinajstić information content (AvgIpc) is 3.42. The van der Waals surface area contributed by atoms with Crippen LogP contribution < -0.4 is 10.6 Å². The summed E-state index contributed by atoms with van der Waals surface area (Å²) in [7, 11) is 0. The Balaban J connectivity index is 0.000000201. The number of benzene rings is 2. The zero-order valence-electron chi connectivity index (χ0n) is 19.9. The number of hydrogen-bond donors (Lipinski definition) is 6. The molecule has 188 valence electrons. The molecule has 0 radical (unpaired) electrons. The van der Waals surface area contributed by atoms with E-state index in [0.29, 0.717) is 0 Å². The fourth-order valence-electron chi connectivity index (χ4n) is 3.93. The summed E-state index contributed by atoms with van der Waals surface area (Å²) in [5.41, 5.74) is 3.68. The minimum Gasteiger partial charge on any atom is -0.480 e. The number of amides is 2. The van der Waals surface area contributed by atoms with Gasteiger partial charge in [0.1, 0.15) is 12.1 Å². The molecule has 10 nitrogen and oxygen atoms in total. The van der Waals surface area contributed by atoms with Gasteiger partial charge in [0, 0.05) is 60.9 Å². The van der Waals surface area contributed by atoms with Gasteiger partial charge in [-0.2, -0.15) is 0 Å². The van der Waals surface area contributed by atoms with E-state index in [2.05, 4.69) is 20.6 Å². The Morgan fingerprint density at radius 2 is 1.06 bits per heavy atom. The molecule has 2 amide bonds. The summed E-state index contributed by atoms with van der Waals surface area (Å²) in [6.07, 6.45) is 4.09. The molecule has 2 aromatic carbocycles. The number of aromatic nitrogens is 2. The molecule has 0 spiro atoms. The third-order valence-corrected chi connectivity index (χ3v) is 5.55. The third-order valence-electron chi connectivity index (χ3n) is 5.55. The van der Waals surface area contributed by atoms with Gasteiger partial charge in [-0.15, -0.1) is 0 Å². The summed E-state index contributed by atoms with van der Waals surface area (Å²) >= 11 is 0. The predicted molar refractivity (Wildman–Crippen MR) is 134 cm³/mol. The van der Waals surface area contributed by atoms with Crippen molar-refractivity contribution in [3.8, 4) is 0 Å². The molecule has 0 saturated carbocycles. The zero-order chi connectivity index (χ0) is 26.2. The van der Waals surface area contributed by atoms with Gasteiger partial charge in [0.15, 0.2) is 0 Å². The number of carboxylic acids is 2. The van der Waals surface area contributed by atoms with Gasteiger partial charge in [-0.1, -0.05) is 36.4 Å². The van der Waals surface area contributed by atoms with Crippen LogP contribution in [0.3, 0.4) is 0 Å². The van der Waals surface area contributed by atoms with E-state index >= 15 is 0 Å². The molecule has 2 heterocycles. The first-order chi connectivity index (χ1) is 17.2. The zero-order valence-corrected chi connectivity index (χ0v) is 19.9. The summed E-state index contributed by atoms with van der Waals surface area (Å²) in [6.45, 7) is 2.62. The van der Waals surface area contributed by atoms with Crippen LogP contribution in [0, 0.1) is 0 Å². The lowest BCUT2D eigenvalue weighted by molar-refractivity contribution is -0.141.